The normalized spacial score (nSPS) is 14.8. The number of nitrogens with one attached hydrogen (secondary N) is 1. The van der Waals surface area contributed by atoms with Crippen molar-refractivity contribution in [1.29, 1.82) is 0 Å². The van der Waals surface area contributed by atoms with Gasteiger partial charge in [0, 0.05) is 4.47 Å². The average Bonchev–Trinajstić information content (AvgIpc) is 2.87. The summed E-state index contributed by atoms with van der Waals surface area (Å²) in [6.45, 7) is 0.351. The van der Waals surface area contributed by atoms with Crippen LogP contribution in [0.5, 0.6) is 5.75 Å². The van der Waals surface area contributed by atoms with Crippen molar-refractivity contribution in [2.75, 3.05) is 4.90 Å². The highest BCUT2D eigenvalue weighted by atomic mass is 79.9. The summed E-state index contributed by atoms with van der Waals surface area (Å²) in [6, 6.07) is 23.5. The quantitative estimate of drug-likeness (QED) is 0.176. The Bertz CT molecular complexity index is 1570. The van der Waals surface area contributed by atoms with E-state index in [0.717, 1.165) is 25.7 Å². The summed E-state index contributed by atoms with van der Waals surface area (Å²) in [4.78, 5) is 39.1. The van der Waals surface area contributed by atoms with Gasteiger partial charge in [-0.25, -0.2) is 9.69 Å². The summed E-state index contributed by atoms with van der Waals surface area (Å²) in [5, 5.41) is 4.49. The first-order chi connectivity index (χ1) is 17.8. The molecule has 0 radical (unpaired) electrons. The van der Waals surface area contributed by atoms with Crippen LogP contribution < -0.4 is 15.0 Å². The fourth-order valence-electron chi connectivity index (χ4n) is 4.02. The number of imide groups is 2. The van der Waals surface area contributed by atoms with Gasteiger partial charge in [0.1, 0.15) is 17.9 Å². The van der Waals surface area contributed by atoms with Gasteiger partial charge >= 0.3 is 6.03 Å². The second-order valence-electron chi connectivity index (χ2n) is 8.17. The average molecular weight is 685 g/mol. The minimum Gasteiger partial charge on any atom is -0.487 e. The molecular weight excluding hydrogens is 668 g/mol. The molecule has 1 aliphatic rings. The van der Waals surface area contributed by atoms with Gasteiger partial charge in [-0.3, -0.25) is 14.9 Å². The number of hydrogen-bond acceptors (Lipinski definition) is 4. The minimum atomic E-state index is -0.797. The van der Waals surface area contributed by atoms with Gasteiger partial charge in [-0.15, -0.1) is 0 Å². The van der Waals surface area contributed by atoms with E-state index in [1.54, 1.807) is 36.4 Å². The van der Waals surface area contributed by atoms with Gasteiger partial charge in [0.15, 0.2) is 0 Å². The maximum Gasteiger partial charge on any atom is 0.335 e. The van der Waals surface area contributed by atoms with E-state index < -0.39 is 17.8 Å². The van der Waals surface area contributed by atoms with Crippen LogP contribution in [0.25, 0.3) is 16.8 Å². The van der Waals surface area contributed by atoms with E-state index in [1.807, 2.05) is 24.3 Å². The number of benzene rings is 4. The van der Waals surface area contributed by atoms with Crippen molar-refractivity contribution in [2.24, 2.45) is 0 Å². The minimum absolute atomic E-state index is 0.161. The summed E-state index contributed by atoms with van der Waals surface area (Å²) in [6.07, 6.45) is 1.44. The number of barbiturate groups is 1. The van der Waals surface area contributed by atoms with Gasteiger partial charge in [0.05, 0.1) is 14.6 Å². The van der Waals surface area contributed by atoms with Crippen molar-refractivity contribution in [3.8, 4) is 5.75 Å². The standard InChI is InChI=1S/C28H17Br3N2O4/c29-19-8-10-20(11-9-19)33-27(35)22(26(34)32-28(33)36)12-16-13-23(30)25(24(31)14-16)37-15-18-6-3-5-17-4-1-2-7-21(17)18/h1-14H,15H2,(H,32,34,36)/b22-12+. The third-order valence-corrected chi connectivity index (χ3v) is 7.48. The molecule has 1 N–H and O–H groups in total. The van der Waals surface area contributed by atoms with E-state index in [4.69, 9.17) is 4.74 Å². The van der Waals surface area contributed by atoms with E-state index in [-0.39, 0.29) is 5.57 Å². The predicted octanol–water partition coefficient (Wildman–Crippen LogP) is 7.37. The summed E-state index contributed by atoms with van der Waals surface area (Å²) in [5.74, 6) is -0.882. The van der Waals surface area contributed by atoms with Gasteiger partial charge in [-0.05, 0) is 96.2 Å². The number of hydrogen-bond donors (Lipinski definition) is 1. The maximum absolute atomic E-state index is 13.2. The molecule has 1 saturated heterocycles. The van der Waals surface area contributed by atoms with Crippen molar-refractivity contribution in [3.63, 3.8) is 0 Å². The van der Waals surface area contributed by atoms with Gasteiger partial charge in [-0.1, -0.05) is 58.4 Å². The number of fused-ring (bicyclic) bond motifs is 1. The summed E-state index contributed by atoms with van der Waals surface area (Å²) in [5.41, 5.74) is 1.81. The lowest BCUT2D eigenvalue weighted by Crippen LogP contribution is -2.54. The fourth-order valence-corrected chi connectivity index (χ4v) is 5.73. The number of ether oxygens (including phenoxy) is 1. The number of urea groups is 1. The lowest BCUT2D eigenvalue weighted by atomic mass is 10.1. The molecule has 0 aromatic heterocycles. The van der Waals surface area contributed by atoms with Gasteiger partial charge < -0.3 is 4.74 Å². The predicted molar refractivity (Wildman–Crippen MR) is 153 cm³/mol. The Labute approximate surface area is 237 Å². The van der Waals surface area contributed by atoms with E-state index in [0.29, 0.717) is 32.6 Å². The van der Waals surface area contributed by atoms with Crippen molar-refractivity contribution >= 4 is 88.2 Å². The molecule has 4 aromatic rings. The SMILES string of the molecule is O=C1NC(=O)N(c2ccc(Br)cc2)C(=O)/C1=C/c1cc(Br)c(OCc2cccc3ccccc23)c(Br)c1. The third kappa shape index (κ3) is 5.25. The summed E-state index contributed by atoms with van der Waals surface area (Å²) < 4.78 is 8.20. The lowest BCUT2D eigenvalue weighted by molar-refractivity contribution is -0.122. The van der Waals surface area contributed by atoms with Gasteiger partial charge in [-0.2, -0.15) is 0 Å². The van der Waals surface area contributed by atoms with Crippen LogP contribution in [0.15, 0.2) is 97.9 Å². The first-order valence-electron chi connectivity index (χ1n) is 11.1. The lowest BCUT2D eigenvalue weighted by Gasteiger charge is -2.26. The maximum atomic E-state index is 13.2. The van der Waals surface area contributed by atoms with Crippen LogP contribution in [0.1, 0.15) is 11.1 Å². The van der Waals surface area contributed by atoms with E-state index in [1.165, 1.54) is 6.08 Å². The highest BCUT2D eigenvalue weighted by molar-refractivity contribution is 9.11. The molecule has 4 amide bonds. The second-order valence-corrected chi connectivity index (χ2v) is 10.8. The Kier molecular flexibility index (Phi) is 7.28. The molecule has 5 rings (SSSR count). The van der Waals surface area contributed by atoms with Crippen LogP contribution in [-0.2, 0) is 16.2 Å². The van der Waals surface area contributed by atoms with Crippen LogP contribution in [0.3, 0.4) is 0 Å². The highest BCUT2D eigenvalue weighted by Gasteiger charge is 2.36. The molecule has 1 heterocycles. The second kappa shape index (κ2) is 10.6. The number of amides is 4. The Morgan fingerprint density at radius 2 is 1.51 bits per heavy atom. The molecule has 0 unspecified atom stereocenters. The largest absolute Gasteiger partial charge is 0.487 e. The molecule has 0 spiro atoms. The zero-order chi connectivity index (χ0) is 26.1. The zero-order valence-corrected chi connectivity index (χ0v) is 23.8. The number of nitrogens with zero attached hydrogens (tertiary/aromatic N) is 1. The first kappa shape index (κ1) is 25.4. The van der Waals surface area contributed by atoms with Crippen LogP contribution in [-0.4, -0.2) is 17.8 Å². The molecule has 184 valence electrons. The van der Waals surface area contributed by atoms with E-state index in [2.05, 4.69) is 71.3 Å². The van der Waals surface area contributed by atoms with Gasteiger partial charge in [0.2, 0.25) is 0 Å². The topological polar surface area (TPSA) is 75.7 Å². The van der Waals surface area contributed by atoms with Crippen LogP contribution in [0, 0.1) is 0 Å². The summed E-state index contributed by atoms with van der Waals surface area (Å²) >= 11 is 10.4. The molecule has 0 atom stereocenters. The van der Waals surface area contributed by atoms with Crippen molar-refractivity contribution < 1.29 is 19.1 Å². The first-order valence-corrected chi connectivity index (χ1v) is 13.5. The van der Waals surface area contributed by atoms with E-state index >= 15 is 0 Å². The molecule has 9 heteroatoms. The molecule has 1 fully saturated rings. The monoisotopic (exact) mass is 682 g/mol. The Hall–Kier alpha value is -3.27. The molecule has 0 aliphatic carbocycles. The Morgan fingerprint density at radius 3 is 2.24 bits per heavy atom. The van der Waals surface area contributed by atoms with E-state index in [9.17, 15) is 14.4 Å². The van der Waals surface area contributed by atoms with Crippen LogP contribution in [0.4, 0.5) is 10.5 Å². The number of carbonyl (C=O) groups excluding carboxylic acids is 3. The number of carbonyl (C=O) groups is 3. The van der Waals surface area contributed by atoms with Crippen LogP contribution >= 0.6 is 47.8 Å². The zero-order valence-electron chi connectivity index (χ0n) is 19.0. The van der Waals surface area contributed by atoms with Crippen LogP contribution in [0.2, 0.25) is 0 Å². The number of rotatable bonds is 5. The van der Waals surface area contributed by atoms with Crippen molar-refractivity contribution in [3.05, 3.63) is 109 Å². The van der Waals surface area contributed by atoms with Crippen molar-refractivity contribution in [2.45, 2.75) is 6.61 Å². The molecule has 0 bridgehead atoms. The fraction of sp³-hybridized carbons (Fsp3) is 0.0357. The molecule has 6 nitrogen and oxygen atoms in total. The molecule has 0 saturated carbocycles. The summed E-state index contributed by atoms with van der Waals surface area (Å²) in [7, 11) is 0. The number of anilines is 1. The smallest absolute Gasteiger partial charge is 0.335 e. The Balaban J connectivity index is 1.41. The molecule has 4 aromatic carbocycles. The molecule has 37 heavy (non-hydrogen) atoms. The van der Waals surface area contributed by atoms with Crippen molar-refractivity contribution in [1.82, 2.24) is 5.32 Å². The molecule has 1 aliphatic heterocycles. The highest BCUT2D eigenvalue weighted by Crippen LogP contribution is 2.37. The third-order valence-electron chi connectivity index (χ3n) is 5.77. The Morgan fingerprint density at radius 1 is 0.838 bits per heavy atom. The van der Waals surface area contributed by atoms with Gasteiger partial charge in [0.25, 0.3) is 11.8 Å². The number of halogens is 3. The molecular formula is C28H17Br3N2O4.